The molecular weight excluding hydrogens is 334 g/mol. The van der Waals surface area contributed by atoms with Gasteiger partial charge in [0.25, 0.3) is 0 Å². The molecule has 26 heavy (non-hydrogen) atoms. The first kappa shape index (κ1) is 18.9. The Morgan fingerprint density at radius 2 is 2.23 bits per heavy atom. The summed E-state index contributed by atoms with van der Waals surface area (Å²) < 4.78 is 11.1. The third-order valence-corrected chi connectivity index (χ3v) is 5.93. The normalized spacial score (nSPS) is 25.5. The third-order valence-electron chi connectivity index (χ3n) is 5.93. The molecule has 0 bridgehead atoms. The van der Waals surface area contributed by atoms with E-state index in [1.807, 2.05) is 24.8 Å². The second kappa shape index (κ2) is 7.80. The lowest BCUT2D eigenvalue weighted by atomic mass is 9.58. The fourth-order valence-corrected chi connectivity index (χ4v) is 4.22. The predicted octanol–water partition coefficient (Wildman–Crippen LogP) is 2.11. The van der Waals surface area contributed by atoms with Gasteiger partial charge in [-0.15, -0.1) is 0 Å². The molecule has 1 aliphatic carbocycles. The molecule has 1 saturated heterocycles. The second-order valence-electron chi connectivity index (χ2n) is 7.20. The van der Waals surface area contributed by atoms with E-state index in [1.54, 1.807) is 19.5 Å². The molecule has 3 rings (SSSR count). The number of aromatic nitrogens is 1. The molecule has 144 valence electrons. The lowest BCUT2D eigenvalue weighted by Crippen LogP contribution is -2.63. The number of carbonyl (C=O) groups excluding carboxylic acids is 1. The van der Waals surface area contributed by atoms with Crippen LogP contribution in [0.15, 0.2) is 18.5 Å². The fourth-order valence-electron chi connectivity index (χ4n) is 4.22. The first-order chi connectivity index (χ1) is 12.5. The van der Waals surface area contributed by atoms with Crippen LogP contribution in [0.4, 0.5) is 4.79 Å². The van der Waals surface area contributed by atoms with Gasteiger partial charge in [-0.1, -0.05) is 0 Å². The number of nitrogens with zero attached hydrogens (tertiary/aromatic N) is 2. The predicted molar refractivity (Wildman–Crippen MR) is 97.0 cm³/mol. The van der Waals surface area contributed by atoms with Crippen molar-refractivity contribution in [3.05, 3.63) is 24.0 Å². The lowest BCUT2D eigenvalue weighted by molar-refractivity contribution is -0.207. The summed E-state index contributed by atoms with van der Waals surface area (Å²) >= 11 is 0. The maximum absolute atomic E-state index is 12.7. The Morgan fingerprint density at radius 3 is 2.85 bits per heavy atom. The molecule has 7 nitrogen and oxygen atoms in total. The minimum Gasteiger partial charge on any atom is -0.495 e. The van der Waals surface area contributed by atoms with Crippen molar-refractivity contribution < 1.29 is 19.4 Å². The van der Waals surface area contributed by atoms with Crippen LogP contribution in [0.1, 0.15) is 44.7 Å². The average molecular weight is 363 g/mol. The number of piperidine rings is 1. The minimum atomic E-state index is -0.315. The van der Waals surface area contributed by atoms with Crippen LogP contribution in [0.5, 0.6) is 5.75 Å². The van der Waals surface area contributed by atoms with E-state index in [4.69, 9.17) is 9.47 Å². The zero-order valence-electron chi connectivity index (χ0n) is 15.8. The van der Waals surface area contributed by atoms with Gasteiger partial charge in [0.15, 0.2) is 0 Å². The monoisotopic (exact) mass is 363 g/mol. The van der Waals surface area contributed by atoms with E-state index in [2.05, 4.69) is 10.3 Å². The summed E-state index contributed by atoms with van der Waals surface area (Å²) in [4.78, 5) is 18.5. The van der Waals surface area contributed by atoms with Crippen molar-refractivity contribution in [2.24, 2.45) is 5.41 Å². The molecule has 3 atom stereocenters. The number of ether oxygens (including phenoxy) is 2. The van der Waals surface area contributed by atoms with E-state index in [1.165, 1.54) is 0 Å². The summed E-state index contributed by atoms with van der Waals surface area (Å²) in [5.74, 6) is 0.662. The van der Waals surface area contributed by atoms with Crippen LogP contribution in [0, 0.1) is 5.41 Å². The van der Waals surface area contributed by atoms with E-state index >= 15 is 0 Å². The molecule has 2 fully saturated rings. The Labute approximate surface area is 154 Å². The number of hydrogen-bond acceptors (Lipinski definition) is 5. The highest BCUT2D eigenvalue weighted by Crippen LogP contribution is 2.50. The van der Waals surface area contributed by atoms with Gasteiger partial charge in [0.05, 0.1) is 31.6 Å². The van der Waals surface area contributed by atoms with Crippen molar-refractivity contribution in [1.82, 2.24) is 15.2 Å². The Bertz CT molecular complexity index is 629. The molecule has 1 saturated carbocycles. The quantitative estimate of drug-likeness (QED) is 0.837. The zero-order chi connectivity index (χ0) is 18.7. The Morgan fingerprint density at radius 1 is 1.50 bits per heavy atom. The minimum absolute atomic E-state index is 0.0898. The van der Waals surface area contributed by atoms with Crippen LogP contribution < -0.4 is 10.1 Å². The third kappa shape index (κ3) is 3.38. The van der Waals surface area contributed by atoms with E-state index in [9.17, 15) is 9.90 Å². The molecule has 7 heteroatoms. The summed E-state index contributed by atoms with van der Waals surface area (Å²) in [6.07, 6.45) is 5.40. The van der Waals surface area contributed by atoms with Crippen molar-refractivity contribution in [3.63, 3.8) is 0 Å². The molecule has 2 amide bonds. The van der Waals surface area contributed by atoms with Crippen LogP contribution >= 0.6 is 0 Å². The van der Waals surface area contributed by atoms with Gasteiger partial charge in [-0.3, -0.25) is 4.98 Å². The number of nitrogens with one attached hydrogen (secondary N) is 1. The Kier molecular flexibility index (Phi) is 5.67. The fraction of sp³-hybridized carbons (Fsp3) is 0.684. The maximum atomic E-state index is 12.7. The van der Waals surface area contributed by atoms with Crippen LogP contribution in [-0.4, -0.2) is 60.0 Å². The second-order valence-corrected chi connectivity index (χ2v) is 7.20. The smallest absolute Gasteiger partial charge is 0.317 e. The molecule has 2 heterocycles. The number of aliphatic hydroxyl groups is 1. The molecule has 0 radical (unpaired) electrons. The van der Waals surface area contributed by atoms with E-state index in [0.29, 0.717) is 31.9 Å². The summed E-state index contributed by atoms with van der Waals surface area (Å²) in [6.45, 7) is 5.84. The highest BCUT2D eigenvalue weighted by Gasteiger charge is 2.56. The van der Waals surface area contributed by atoms with Crippen LogP contribution in [0.25, 0.3) is 0 Å². The van der Waals surface area contributed by atoms with Crippen molar-refractivity contribution in [2.75, 3.05) is 26.8 Å². The van der Waals surface area contributed by atoms with E-state index in [-0.39, 0.29) is 29.7 Å². The molecule has 1 aliphatic heterocycles. The first-order valence-corrected chi connectivity index (χ1v) is 9.34. The van der Waals surface area contributed by atoms with Crippen LogP contribution in [0.2, 0.25) is 0 Å². The molecule has 2 aliphatic rings. The Hall–Kier alpha value is -1.86. The number of rotatable bonds is 5. The summed E-state index contributed by atoms with van der Waals surface area (Å²) in [5.41, 5.74) is 0.724. The summed E-state index contributed by atoms with van der Waals surface area (Å²) in [6, 6.07) is 1.58. The number of methoxy groups -OCH3 is 1. The zero-order valence-corrected chi connectivity index (χ0v) is 15.8. The number of likely N-dealkylation sites (tertiary alicyclic amines) is 1. The van der Waals surface area contributed by atoms with E-state index in [0.717, 1.165) is 18.4 Å². The van der Waals surface area contributed by atoms with Gasteiger partial charge in [0, 0.05) is 43.3 Å². The van der Waals surface area contributed by atoms with Crippen LogP contribution in [-0.2, 0) is 4.74 Å². The van der Waals surface area contributed by atoms with Crippen molar-refractivity contribution in [2.45, 2.75) is 51.4 Å². The van der Waals surface area contributed by atoms with Gasteiger partial charge in [-0.05, 0) is 32.8 Å². The molecule has 1 aromatic heterocycles. The summed E-state index contributed by atoms with van der Waals surface area (Å²) in [5, 5.41) is 13.3. The van der Waals surface area contributed by atoms with Crippen molar-refractivity contribution in [3.8, 4) is 5.75 Å². The van der Waals surface area contributed by atoms with Gasteiger partial charge >= 0.3 is 6.03 Å². The molecular formula is C19H29N3O4. The van der Waals surface area contributed by atoms with Crippen molar-refractivity contribution >= 4 is 6.03 Å². The van der Waals surface area contributed by atoms with Gasteiger partial charge in [0.1, 0.15) is 5.75 Å². The Balaban J connectivity index is 1.57. The molecule has 3 unspecified atom stereocenters. The van der Waals surface area contributed by atoms with Gasteiger partial charge in [-0.25, -0.2) is 4.79 Å². The number of urea groups is 1. The molecule has 1 aromatic rings. The van der Waals surface area contributed by atoms with Crippen LogP contribution in [0.3, 0.4) is 0 Å². The number of pyridine rings is 1. The number of amides is 2. The maximum Gasteiger partial charge on any atom is 0.317 e. The molecule has 1 spiro atoms. The lowest BCUT2D eigenvalue weighted by Gasteiger charge is -2.56. The van der Waals surface area contributed by atoms with Gasteiger partial charge < -0.3 is 24.8 Å². The van der Waals surface area contributed by atoms with Gasteiger partial charge in [-0.2, -0.15) is 0 Å². The first-order valence-electron chi connectivity index (χ1n) is 9.34. The highest BCUT2D eigenvalue weighted by molar-refractivity contribution is 5.75. The highest BCUT2D eigenvalue weighted by atomic mass is 16.5. The van der Waals surface area contributed by atoms with E-state index < -0.39 is 0 Å². The molecule has 0 aromatic carbocycles. The topological polar surface area (TPSA) is 83.9 Å². The number of hydrogen-bond donors (Lipinski definition) is 2. The average Bonchev–Trinajstić information content (AvgIpc) is 2.67. The number of carbonyl (C=O) groups is 1. The molecule has 2 N–H and O–H groups in total. The standard InChI is InChI=1S/C19H29N3O4/c1-4-26-17-11-16(23)19(17)6-9-22(10-7-19)18(24)21-13(2)14-5-8-20-12-15(14)25-3/h5,8,12-13,16-17,23H,4,6-7,9-11H2,1-3H3,(H,21,24). The van der Waals surface area contributed by atoms with Crippen molar-refractivity contribution in [1.29, 1.82) is 0 Å². The largest absolute Gasteiger partial charge is 0.495 e. The van der Waals surface area contributed by atoms with Gasteiger partial charge in [0.2, 0.25) is 0 Å². The number of aliphatic hydroxyl groups excluding tert-OH is 1. The summed E-state index contributed by atoms with van der Waals surface area (Å²) in [7, 11) is 1.60. The SMILES string of the molecule is CCOC1CC(O)C12CCN(C(=O)NC(C)c1ccncc1OC)CC2.